The zero-order chi connectivity index (χ0) is 13.6. The summed E-state index contributed by atoms with van der Waals surface area (Å²) in [5.41, 5.74) is 0. The number of carbonyl (C=O) groups is 2. The van der Waals surface area contributed by atoms with Crippen LogP contribution in [0.15, 0.2) is 0 Å². The van der Waals surface area contributed by atoms with E-state index in [1.165, 1.54) is 44.9 Å². The number of hydrogen-bond acceptors (Lipinski definition) is 2. The van der Waals surface area contributed by atoms with E-state index in [1.807, 2.05) is 0 Å². The maximum atomic E-state index is 11.2. The first-order valence-electron chi connectivity index (χ1n) is 7.15. The maximum absolute atomic E-state index is 11.2. The number of carboxylic acid groups (broad SMARTS) is 1. The van der Waals surface area contributed by atoms with Crippen molar-refractivity contribution in [2.45, 2.75) is 71.1 Å². The Bertz CT molecular complexity index is 235. The molecule has 0 spiro atoms. The van der Waals surface area contributed by atoms with E-state index in [9.17, 15) is 9.59 Å². The van der Waals surface area contributed by atoms with Crippen molar-refractivity contribution in [2.75, 3.05) is 6.54 Å². The summed E-state index contributed by atoms with van der Waals surface area (Å²) in [4.78, 5) is 21.4. The van der Waals surface area contributed by atoms with Crippen LogP contribution < -0.4 is 5.32 Å². The van der Waals surface area contributed by atoms with Crippen molar-refractivity contribution in [3.8, 4) is 0 Å². The molecule has 1 amide bonds. The minimum Gasteiger partial charge on any atom is -0.480 e. The van der Waals surface area contributed by atoms with E-state index < -0.39 is 5.97 Å². The third-order valence-electron chi connectivity index (χ3n) is 2.94. The fraction of sp³-hybridized carbons (Fsp3) is 0.857. The van der Waals surface area contributed by atoms with Crippen LogP contribution in [0.25, 0.3) is 0 Å². The summed E-state index contributed by atoms with van der Waals surface area (Å²) in [7, 11) is 0. The molecule has 0 fully saturated rings. The molecule has 0 atom stereocenters. The predicted octanol–water partition coefficient (Wildman–Crippen LogP) is 2.73. The van der Waals surface area contributed by atoms with Gasteiger partial charge in [0.2, 0.25) is 5.91 Å². The molecule has 0 aliphatic rings. The van der Waals surface area contributed by atoms with Gasteiger partial charge in [-0.25, -0.2) is 0 Å². The van der Waals surface area contributed by atoms with E-state index in [1.54, 1.807) is 0 Å². The zero-order valence-electron chi connectivity index (χ0n) is 12.1. The van der Waals surface area contributed by atoms with Crippen molar-refractivity contribution in [2.24, 2.45) is 0 Å². The summed E-state index contributed by atoms with van der Waals surface area (Å²) in [5, 5.41) is 10.7. The molecule has 0 aromatic carbocycles. The minimum atomic E-state index is -0.990. The Morgan fingerprint density at radius 2 is 1.37 bits per heavy atom. The number of unbranched alkanes of at least 4 members (excludes halogenated alkanes) is 8. The third-order valence-corrected chi connectivity index (χ3v) is 2.94. The molecule has 19 heavy (non-hydrogen) atoms. The van der Waals surface area contributed by atoms with E-state index in [0.717, 1.165) is 12.8 Å². The van der Waals surface area contributed by atoms with Gasteiger partial charge in [-0.15, -0.1) is 0 Å². The molecule has 0 aliphatic carbocycles. The van der Waals surface area contributed by atoms with Crippen molar-refractivity contribution >= 4 is 29.2 Å². The van der Waals surface area contributed by atoms with Crippen LogP contribution in [0, 0.1) is 0 Å². The van der Waals surface area contributed by atoms with Crippen LogP contribution >= 0.6 is 0 Å². The summed E-state index contributed by atoms with van der Waals surface area (Å²) >= 11 is 0. The summed E-state index contributed by atoms with van der Waals surface area (Å²) in [6.07, 6.45) is 11.4. The Labute approximate surface area is 127 Å². The first-order valence-corrected chi connectivity index (χ1v) is 7.15. The number of amides is 1. The number of aliphatic carboxylic acids is 1. The quantitative estimate of drug-likeness (QED) is 0.428. The molecule has 2 N–H and O–H groups in total. The molecule has 0 aliphatic heterocycles. The van der Waals surface area contributed by atoms with Crippen LogP contribution in [0.2, 0.25) is 0 Å². The average Bonchev–Trinajstić information content (AvgIpc) is 2.34. The van der Waals surface area contributed by atoms with Crippen molar-refractivity contribution in [3.63, 3.8) is 0 Å². The molecule has 0 heterocycles. The van der Waals surface area contributed by atoms with Gasteiger partial charge in [0.1, 0.15) is 6.54 Å². The Balaban J connectivity index is 0. The van der Waals surface area contributed by atoms with Crippen molar-refractivity contribution in [1.82, 2.24) is 5.32 Å². The Hall–Kier alpha value is -0.528. The zero-order valence-corrected chi connectivity index (χ0v) is 13.3. The number of hydrogen-bond donors (Lipinski definition) is 2. The summed E-state index contributed by atoms with van der Waals surface area (Å²) < 4.78 is 0. The van der Waals surface area contributed by atoms with Gasteiger partial charge < -0.3 is 10.4 Å². The monoisotopic (exact) mass is 284 g/mol. The molecule has 0 saturated heterocycles. The maximum Gasteiger partial charge on any atom is 3.00 e. The first kappa shape index (κ1) is 20.8. The summed E-state index contributed by atoms with van der Waals surface area (Å²) in [6, 6.07) is 0. The van der Waals surface area contributed by atoms with Crippen LogP contribution in [0.4, 0.5) is 0 Å². The predicted molar refractivity (Wildman–Crippen MR) is 78.2 cm³/mol. The smallest absolute Gasteiger partial charge is 0.480 e. The molecule has 4 nitrogen and oxygen atoms in total. The van der Waals surface area contributed by atoms with Gasteiger partial charge in [-0.1, -0.05) is 58.3 Å². The van der Waals surface area contributed by atoms with Gasteiger partial charge >= 0.3 is 23.3 Å². The molecular weight excluding hydrogens is 257 g/mol. The van der Waals surface area contributed by atoms with E-state index in [4.69, 9.17) is 5.11 Å². The largest absolute Gasteiger partial charge is 3.00 e. The van der Waals surface area contributed by atoms with E-state index in [2.05, 4.69) is 12.2 Å². The number of rotatable bonds is 12. The van der Waals surface area contributed by atoms with E-state index >= 15 is 0 Å². The van der Waals surface area contributed by atoms with E-state index in [0.29, 0.717) is 6.42 Å². The summed E-state index contributed by atoms with van der Waals surface area (Å²) in [6.45, 7) is 1.95. The molecule has 0 radical (unpaired) electrons. The fourth-order valence-electron chi connectivity index (χ4n) is 1.86. The van der Waals surface area contributed by atoms with Crippen LogP contribution in [0.3, 0.4) is 0 Å². The van der Waals surface area contributed by atoms with E-state index in [-0.39, 0.29) is 29.8 Å². The molecule has 5 heteroatoms. The van der Waals surface area contributed by atoms with Crippen molar-refractivity contribution in [1.29, 1.82) is 0 Å². The van der Waals surface area contributed by atoms with Crippen LogP contribution in [-0.2, 0) is 9.59 Å². The van der Waals surface area contributed by atoms with Gasteiger partial charge in [-0.2, -0.15) is 0 Å². The van der Waals surface area contributed by atoms with Crippen LogP contribution in [0.1, 0.15) is 71.1 Å². The van der Waals surface area contributed by atoms with Gasteiger partial charge in [0.05, 0.1) is 0 Å². The normalized spacial score (nSPS) is 9.74. The molecular formula is C14H27AlNO3+3. The van der Waals surface area contributed by atoms with Crippen LogP contribution in [-0.4, -0.2) is 40.9 Å². The molecule has 0 unspecified atom stereocenters. The SMILES string of the molecule is CCCCCCCCCCCC(=O)NCC(=O)O.[Al+3]. The molecule has 0 aromatic heterocycles. The number of nitrogens with one attached hydrogen (secondary N) is 1. The Morgan fingerprint density at radius 3 is 1.84 bits per heavy atom. The molecule has 0 rings (SSSR count). The number of carboxylic acids is 1. The molecule has 0 saturated carbocycles. The first-order chi connectivity index (χ1) is 8.66. The molecule has 0 bridgehead atoms. The second-order valence-corrected chi connectivity index (χ2v) is 4.75. The average molecular weight is 284 g/mol. The summed E-state index contributed by atoms with van der Waals surface area (Å²) in [5.74, 6) is -1.14. The Kier molecular flexibility index (Phi) is 17.0. The topological polar surface area (TPSA) is 66.4 Å². The van der Waals surface area contributed by atoms with Crippen molar-refractivity contribution < 1.29 is 14.7 Å². The van der Waals surface area contributed by atoms with Crippen molar-refractivity contribution in [3.05, 3.63) is 0 Å². The number of carbonyl (C=O) groups excluding carboxylic acids is 1. The third kappa shape index (κ3) is 17.5. The standard InChI is InChI=1S/C14H27NO3.Al/c1-2-3-4-5-6-7-8-9-10-11-13(16)15-12-14(17)18;/h2-12H2,1H3,(H,15,16)(H,17,18);/q;+3. The fourth-order valence-corrected chi connectivity index (χ4v) is 1.86. The van der Waals surface area contributed by atoms with Gasteiger partial charge in [0, 0.05) is 6.42 Å². The minimum absolute atomic E-state index is 0. The second-order valence-electron chi connectivity index (χ2n) is 4.75. The van der Waals surface area contributed by atoms with Crippen LogP contribution in [0.5, 0.6) is 0 Å². The molecule has 0 aromatic rings. The van der Waals surface area contributed by atoms with Gasteiger partial charge in [-0.3, -0.25) is 9.59 Å². The molecule has 106 valence electrons. The Morgan fingerprint density at radius 1 is 0.895 bits per heavy atom. The van der Waals surface area contributed by atoms with Gasteiger partial charge in [0.25, 0.3) is 0 Å². The van der Waals surface area contributed by atoms with Gasteiger partial charge in [0.15, 0.2) is 0 Å². The van der Waals surface area contributed by atoms with Gasteiger partial charge in [-0.05, 0) is 6.42 Å². The second kappa shape index (κ2) is 15.5.